The summed E-state index contributed by atoms with van der Waals surface area (Å²) in [5.41, 5.74) is 3.35. The van der Waals surface area contributed by atoms with Crippen LogP contribution in [0.4, 0.5) is 5.82 Å². The Labute approximate surface area is 181 Å². The Morgan fingerprint density at radius 3 is 2.71 bits per heavy atom. The summed E-state index contributed by atoms with van der Waals surface area (Å²) >= 11 is 0. The van der Waals surface area contributed by atoms with Gasteiger partial charge in [0.2, 0.25) is 5.91 Å². The van der Waals surface area contributed by atoms with E-state index in [1.54, 1.807) is 7.11 Å². The Balaban J connectivity index is 1.20. The highest BCUT2D eigenvalue weighted by Gasteiger charge is 2.33. The predicted octanol–water partition coefficient (Wildman–Crippen LogP) is 5.41. The van der Waals surface area contributed by atoms with Crippen LogP contribution in [-0.4, -0.2) is 23.2 Å². The minimum Gasteiger partial charge on any atom is -0.497 e. The molecule has 0 unspecified atom stereocenters. The van der Waals surface area contributed by atoms with Gasteiger partial charge in [-0.1, -0.05) is 54.6 Å². The zero-order valence-electron chi connectivity index (χ0n) is 17.5. The molecule has 4 aromatic rings. The summed E-state index contributed by atoms with van der Waals surface area (Å²) in [4.78, 5) is 12.6. The van der Waals surface area contributed by atoms with E-state index in [0.29, 0.717) is 24.1 Å². The van der Waals surface area contributed by atoms with Gasteiger partial charge in [0.1, 0.15) is 11.6 Å². The van der Waals surface area contributed by atoms with E-state index in [9.17, 15) is 4.79 Å². The smallest absolute Gasteiger partial charge is 0.229 e. The van der Waals surface area contributed by atoms with Gasteiger partial charge in [0.05, 0.1) is 19.2 Å². The highest BCUT2D eigenvalue weighted by Crippen LogP contribution is 2.47. The van der Waals surface area contributed by atoms with Crippen LogP contribution in [0.25, 0.3) is 10.8 Å². The molecule has 0 aliphatic heterocycles. The lowest BCUT2D eigenvalue weighted by Crippen LogP contribution is -2.20. The Hall–Kier alpha value is -3.60. The highest BCUT2D eigenvalue weighted by atomic mass is 16.5. The van der Waals surface area contributed by atoms with E-state index in [1.165, 1.54) is 5.56 Å². The molecule has 1 aliphatic rings. The molecule has 1 fully saturated rings. The summed E-state index contributed by atoms with van der Waals surface area (Å²) in [6, 6.07) is 24.5. The fourth-order valence-corrected chi connectivity index (χ4v) is 4.45. The predicted molar refractivity (Wildman–Crippen MR) is 123 cm³/mol. The van der Waals surface area contributed by atoms with E-state index < -0.39 is 0 Å². The molecular weight excluding hydrogens is 386 g/mol. The van der Waals surface area contributed by atoms with Crippen LogP contribution in [0, 0.1) is 0 Å². The van der Waals surface area contributed by atoms with Gasteiger partial charge in [-0.15, -0.1) is 0 Å². The van der Waals surface area contributed by atoms with Crippen molar-refractivity contribution in [2.75, 3.05) is 12.4 Å². The van der Waals surface area contributed by atoms with Crippen molar-refractivity contribution < 1.29 is 9.53 Å². The maximum Gasteiger partial charge on any atom is 0.229 e. The zero-order valence-corrected chi connectivity index (χ0v) is 17.5. The van der Waals surface area contributed by atoms with E-state index in [-0.39, 0.29) is 5.91 Å². The average molecular weight is 412 g/mol. The van der Waals surface area contributed by atoms with Gasteiger partial charge in [0.15, 0.2) is 0 Å². The first-order chi connectivity index (χ1) is 15.2. The van der Waals surface area contributed by atoms with Crippen LogP contribution in [0.15, 0.2) is 72.8 Å². The number of aromatic amines is 1. The number of nitrogens with one attached hydrogen (secondary N) is 2. The van der Waals surface area contributed by atoms with E-state index in [2.05, 4.69) is 45.8 Å². The molecule has 1 aliphatic carbocycles. The molecule has 156 valence electrons. The Kier molecular flexibility index (Phi) is 5.16. The third-order valence-corrected chi connectivity index (χ3v) is 6.22. The molecule has 3 aromatic carbocycles. The van der Waals surface area contributed by atoms with Gasteiger partial charge >= 0.3 is 0 Å². The molecule has 5 rings (SSSR count). The molecule has 0 atom stereocenters. The molecule has 0 bridgehead atoms. The van der Waals surface area contributed by atoms with Crippen LogP contribution in [-0.2, 0) is 11.2 Å². The van der Waals surface area contributed by atoms with Gasteiger partial charge in [-0.25, -0.2) is 0 Å². The molecule has 1 amide bonds. The molecule has 1 heterocycles. The fourth-order valence-electron chi connectivity index (χ4n) is 4.45. The molecule has 31 heavy (non-hydrogen) atoms. The number of ether oxygens (including phenoxy) is 1. The Morgan fingerprint density at radius 1 is 1.03 bits per heavy atom. The van der Waals surface area contributed by atoms with Crippen molar-refractivity contribution in [3.05, 3.63) is 89.6 Å². The van der Waals surface area contributed by atoms with E-state index >= 15 is 0 Å². The molecule has 0 saturated heterocycles. The summed E-state index contributed by atoms with van der Waals surface area (Å²) in [5, 5.41) is 12.6. The first kappa shape index (κ1) is 19.4. The number of amides is 1. The SMILES string of the molecule is COc1cccc([C@H]2C[C@@H](c3cc(NC(=O)Cc4cccc5ccccc45)[nH]n3)C2)c1. The molecule has 5 nitrogen and oxygen atoms in total. The normalized spacial score (nSPS) is 17.8. The number of hydrogen-bond acceptors (Lipinski definition) is 3. The molecule has 2 N–H and O–H groups in total. The lowest BCUT2D eigenvalue weighted by molar-refractivity contribution is -0.115. The van der Waals surface area contributed by atoms with Gasteiger partial charge in [-0.05, 0) is 52.8 Å². The Morgan fingerprint density at radius 2 is 1.84 bits per heavy atom. The van der Waals surface area contributed by atoms with Crippen molar-refractivity contribution in [1.29, 1.82) is 0 Å². The van der Waals surface area contributed by atoms with Gasteiger partial charge in [0, 0.05) is 12.0 Å². The number of aromatic nitrogens is 2. The van der Waals surface area contributed by atoms with Gasteiger partial charge in [-0.2, -0.15) is 5.10 Å². The van der Waals surface area contributed by atoms with Gasteiger partial charge < -0.3 is 10.1 Å². The summed E-state index contributed by atoms with van der Waals surface area (Å²) in [6.07, 6.45) is 2.44. The van der Waals surface area contributed by atoms with Crippen LogP contribution in [0.1, 0.15) is 41.5 Å². The largest absolute Gasteiger partial charge is 0.497 e. The number of hydrogen-bond donors (Lipinski definition) is 2. The minimum absolute atomic E-state index is 0.0468. The summed E-state index contributed by atoms with van der Waals surface area (Å²) in [7, 11) is 1.70. The molecular formula is C26H25N3O2. The van der Waals surface area contributed by atoms with Crippen LogP contribution < -0.4 is 10.1 Å². The van der Waals surface area contributed by atoms with Crippen LogP contribution in [0.5, 0.6) is 5.75 Å². The first-order valence-electron chi connectivity index (χ1n) is 10.7. The van der Waals surface area contributed by atoms with Crippen molar-refractivity contribution in [2.24, 2.45) is 0 Å². The Bertz CT molecular complexity index is 1220. The topological polar surface area (TPSA) is 67.0 Å². The number of H-pyrrole nitrogens is 1. The maximum absolute atomic E-state index is 12.6. The van der Waals surface area contributed by atoms with Crippen LogP contribution in [0.3, 0.4) is 0 Å². The van der Waals surface area contributed by atoms with Crippen molar-refractivity contribution in [3.8, 4) is 5.75 Å². The number of nitrogens with zero attached hydrogens (tertiary/aromatic N) is 1. The number of carbonyl (C=O) groups is 1. The summed E-state index contributed by atoms with van der Waals surface area (Å²) < 4.78 is 5.33. The first-order valence-corrected chi connectivity index (χ1v) is 10.7. The molecule has 1 aromatic heterocycles. The van der Waals surface area contributed by atoms with Gasteiger partial charge in [0.25, 0.3) is 0 Å². The van der Waals surface area contributed by atoms with Crippen molar-refractivity contribution >= 4 is 22.5 Å². The number of fused-ring (bicyclic) bond motifs is 1. The molecule has 1 saturated carbocycles. The summed E-state index contributed by atoms with van der Waals surface area (Å²) in [5.74, 6) is 2.45. The average Bonchev–Trinajstić information content (AvgIpc) is 3.21. The second kappa shape index (κ2) is 8.26. The summed E-state index contributed by atoms with van der Waals surface area (Å²) in [6.45, 7) is 0. The number of rotatable bonds is 6. The van der Waals surface area contributed by atoms with Crippen molar-refractivity contribution in [3.63, 3.8) is 0 Å². The lowest BCUT2D eigenvalue weighted by atomic mass is 9.70. The molecule has 5 heteroatoms. The number of anilines is 1. The quantitative estimate of drug-likeness (QED) is 0.446. The standard InChI is InChI=1S/C26H25N3O2/c1-31-22-10-5-8-18(14-22)20-12-21(13-20)24-16-25(29-28-24)27-26(30)15-19-9-4-7-17-6-2-3-11-23(17)19/h2-11,14,16,20-21H,12-13,15H2,1H3,(H2,27,28,29,30)/t20-,21+. The second-order valence-electron chi connectivity index (χ2n) is 8.21. The fraction of sp³-hybridized carbons (Fsp3) is 0.231. The lowest BCUT2D eigenvalue weighted by Gasteiger charge is -2.34. The van der Waals surface area contributed by atoms with Crippen LogP contribution in [0.2, 0.25) is 0 Å². The maximum atomic E-state index is 12.6. The third-order valence-electron chi connectivity index (χ3n) is 6.22. The monoisotopic (exact) mass is 411 g/mol. The second-order valence-corrected chi connectivity index (χ2v) is 8.21. The van der Waals surface area contributed by atoms with Crippen molar-refractivity contribution in [1.82, 2.24) is 10.2 Å². The number of carbonyl (C=O) groups excluding carboxylic acids is 1. The highest BCUT2D eigenvalue weighted by molar-refractivity contribution is 5.95. The number of benzene rings is 3. The minimum atomic E-state index is -0.0468. The van der Waals surface area contributed by atoms with E-state index in [1.807, 2.05) is 42.5 Å². The number of methoxy groups -OCH3 is 1. The van der Waals surface area contributed by atoms with Crippen molar-refractivity contribution in [2.45, 2.75) is 31.1 Å². The van der Waals surface area contributed by atoms with E-state index in [4.69, 9.17) is 4.74 Å². The van der Waals surface area contributed by atoms with Crippen LogP contribution >= 0.6 is 0 Å². The molecule has 0 spiro atoms. The third kappa shape index (κ3) is 4.04. The van der Waals surface area contributed by atoms with E-state index in [0.717, 1.165) is 40.6 Å². The van der Waals surface area contributed by atoms with Gasteiger partial charge in [-0.3, -0.25) is 9.89 Å². The molecule has 0 radical (unpaired) electrons. The zero-order chi connectivity index (χ0) is 21.2.